The van der Waals surface area contributed by atoms with Gasteiger partial charge in [-0.25, -0.2) is 0 Å². The Morgan fingerprint density at radius 3 is 2.41 bits per heavy atom. The third-order valence-corrected chi connectivity index (χ3v) is 14.1. The van der Waals surface area contributed by atoms with Crippen molar-refractivity contribution in [3.8, 4) is 0 Å². The molecule has 1 aliphatic heterocycles. The molecule has 6 nitrogen and oxygen atoms in total. The number of aliphatic hydroxyl groups excluding tert-OH is 2. The van der Waals surface area contributed by atoms with Gasteiger partial charge in [-0.2, -0.15) is 0 Å². The maximum atomic E-state index is 12.8. The van der Waals surface area contributed by atoms with Crippen LogP contribution in [0, 0.1) is 52.3 Å². The van der Waals surface area contributed by atoms with Crippen LogP contribution in [0.4, 0.5) is 0 Å². The van der Waals surface area contributed by atoms with Crippen LogP contribution in [0.25, 0.3) is 0 Å². The van der Waals surface area contributed by atoms with E-state index in [9.17, 15) is 19.8 Å². The highest BCUT2D eigenvalue weighted by Gasteiger charge is 2.59. The lowest BCUT2D eigenvalue weighted by molar-refractivity contribution is -0.151. The van der Waals surface area contributed by atoms with Crippen molar-refractivity contribution in [3.05, 3.63) is 11.6 Å². The van der Waals surface area contributed by atoms with Crippen LogP contribution in [0.5, 0.6) is 0 Å². The fourth-order valence-electron chi connectivity index (χ4n) is 11.3. The van der Waals surface area contributed by atoms with Crippen LogP contribution >= 0.6 is 0 Å². The van der Waals surface area contributed by atoms with Gasteiger partial charge in [0.1, 0.15) is 6.10 Å². The first kappa shape index (κ1) is 35.9. The molecule has 1 heterocycles. The number of hydrogen-bond acceptors (Lipinski definition) is 5. The van der Waals surface area contributed by atoms with Crippen LogP contribution in [-0.2, 0) is 14.3 Å². The monoisotopic (exact) mass is 642 g/mol. The van der Waals surface area contributed by atoms with Gasteiger partial charge in [-0.05, 0) is 104 Å². The van der Waals surface area contributed by atoms with E-state index in [1.807, 2.05) is 0 Å². The first-order valence-corrected chi connectivity index (χ1v) is 19.4. The fraction of sp³-hybridized carbons (Fsp3) is 0.900. The summed E-state index contributed by atoms with van der Waals surface area (Å²) >= 11 is 0. The summed E-state index contributed by atoms with van der Waals surface area (Å²) in [5, 5.41) is 19.2. The molecule has 4 aliphatic carbocycles. The Hall–Kier alpha value is -1.40. The summed E-state index contributed by atoms with van der Waals surface area (Å²) in [6.45, 7) is 13.2. The Balaban J connectivity index is 1.03. The zero-order chi connectivity index (χ0) is 33.1. The molecular weight excluding hydrogens is 574 g/mol. The van der Waals surface area contributed by atoms with Crippen LogP contribution in [0.3, 0.4) is 0 Å². The summed E-state index contributed by atoms with van der Waals surface area (Å²) in [5.41, 5.74) is 2.38. The van der Waals surface area contributed by atoms with Crippen molar-refractivity contribution in [2.75, 3.05) is 19.7 Å². The van der Waals surface area contributed by atoms with Crippen molar-refractivity contribution in [3.63, 3.8) is 0 Å². The average Bonchev–Trinajstić information content (AvgIpc) is 3.58. The number of hydrogen-bond donors (Lipinski definition) is 2. The number of amides is 1. The van der Waals surface area contributed by atoms with Crippen molar-refractivity contribution in [2.45, 2.75) is 156 Å². The van der Waals surface area contributed by atoms with Crippen LogP contribution in [0.1, 0.15) is 144 Å². The summed E-state index contributed by atoms with van der Waals surface area (Å²) in [4.78, 5) is 26.9. The summed E-state index contributed by atoms with van der Waals surface area (Å²) < 4.78 is 6.05. The summed E-state index contributed by atoms with van der Waals surface area (Å²) in [5.74, 6) is 4.82. The Bertz CT molecular complexity index is 1070. The van der Waals surface area contributed by atoms with Crippen LogP contribution in [0.15, 0.2) is 11.6 Å². The SMILES string of the molecule is CC(C)CCC[C@H](C)C1CCC2C3CC=C4C[C@@H](OC(=O)CCCCCCC(=O)N5CC(O)C(CO)C5)CC[C@]4(C)C3CC[C@@]21C. The second-order valence-corrected chi connectivity index (χ2v) is 17.4. The number of rotatable bonds is 14. The molecule has 1 amide bonds. The first-order chi connectivity index (χ1) is 22.0. The lowest BCUT2D eigenvalue weighted by Gasteiger charge is -2.58. The summed E-state index contributed by atoms with van der Waals surface area (Å²) in [6, 6.07) is 0. The molecule has 6 unspecified atom stereocenters. The lowest BCUT2D eigenvalue weighted by Crippen LogP contribution is -2.51. The van der Waals surface area contributed by atoms with E-state index in [2.05, 4.69) is 40.7 Å². The van der Waals surface area contributed by atoms with Gasteiger partial charge in [0.05, 0.1) is 12.7 Å². The van der Waals surface area contributed by atoms with Crippen molar-refractivity contribution in [1.82, 2.24) is 4.90 Å². The third-order valence-electron chi connectivity index (χ3n) is 14.1. The number of β-amino-alcohol motifs (C(OH)–C–C–N with tert-alkyl or cyclic N) is 1. The maximum Gasteiger partial charge on any atom is 0.306 e. The molecule has 262 valence electrons. The number of nitrogens with zero attached hydrogens (tertiary/aromatic N) is 1. The minimum Gasteiger partial charge on any atom is -0.462 e. The van der Waals surface area contributed by atoms with Crippen molar-refractivity contribution in [1.29, 1.82) is 0 Å². The first-order valence-electron chi connectivity index (χ1n) is 19.4. The second kappa shape index (κ2) is 15.4. The molecule has 0 bridgehead atoms. The summed E-state index contributed by atoms with van der Waals surface area (Å²) in [6.07, 6.45) is 20.4. The molecule has 2 N–H and O–H groups in total. The Morgan fingerprint density at radius 2 is 1.70 bits per heavy atom. The van der Waals surface area contributed by atoms with E-state index >= 15 is 0 Å². The molecule has 46 heavy (non-hydrogen) atoms. The van der Waals surface area contributed by atoms with Gasteiger partial charge in [-0.15, -0.1) is 0 Å². The number of carbonyl (C=O) groups is 2. The van der Waals surface area contributed by atoms with Gasteiger partial charge in [-0.3, -0.25) is 9.59 Å². The molecule has 5 rings (SSSR count). The Morgan fingerprint density at radius 1 is 0.935 bits per heavy atom. The molecular formula is C40H67NO5. The Labute approximate surface area is 280 Å². The third kappa shape index (κ3) is 7.74. The number of allylic oxidation sites excluding steroid dienone is 1. The van der Waals surface area contributed by atoms with E-state index in [1.165, 1.54) is 51.4 Å². The van der Waals surface area contributed by atoms with Gasteiger partial charge in [0, 0.05) is 38.3 Å². The highest BCUT2D eigenvalue weighted by molar-refractivity contribution is 5.76. The van der Waals surface area contributed by atoms with E-state index in [0.29, 0.717) is 31.3 Å². The molecule has 1 saturated heterocycles. The van der Waals surface area contributed by atoms with Crippen molar-refractivity contribution < 1.29 is 24.5 Å². The largest absolute Gasteiger partial charge is 0.462 e. The van der Waals surface area contributed by atoms with Gasteiger partial charge in [-0.1, -0.05) is 78.4 Å². The zero-order valence-corrected chi connectivity index (χ0v) is 30.0. The molecule has 10 atom stereocenters. The van der Waals surface area contributed by atoms with Gasteiger partial charge >= 0.3 is 5.97 Å². The highest BCUT2D eigenvalue weighted by atomic mass is 16.5. The standard InChI is InChI=1S/C40H67NO5/c1-27(2)11-10-12-28(3)33-17-18-34-32-16-15-30-23-31(19-21-39(30,4)35(32)20-22-40(33,34)5)46-38(45)14-9-7-6-8-13-37(44)41-24-29(26-42)36(43)25-41/h15,27-29,31-36,42-43H,6-14,16-26H2,1-5H3/t28-,29?,31-,32?,33?,34?,35?,36?,39-,40+/m0/s1. The number of fused-ring (bicyclic) bond motifs is 5. The van der Waals surface area contributed by atoms with Gasteiger partial charge < -0.3 is 19.8 Å². The molecule has 0 radical (unpaired) electrons. The molecule has 0 spiro atoms. The molecule has 0 aromatic carbocycles. The minimum absolute atomic E-state index is 0.0240. The van der Waals surface area contributed by atoms with Gasteiger partial charge in [0.15, 0.2) is 0 Å². The molecule has 5 aliphatic rings. The van der Waals surface area contributed by atoms with Gasteiger partial charge in [0.2, 0.25) is 5.91 Å². The van der Waals surface area contributed by atoms with E-state index in [1.54, 1.807) is 10.5 Å². The molecule has 4 fully saturated rings. The average molecular weight is 642 g/mol. The summed E-state index contributed by atoms with van der Waals surface area (Å²) in [7, 11) is 0. The number of aliphatic hydroxyl groups is 2. The van der Waals surface area contributed by atoms with E-state index < -0.39 is 6.10 Å². The van der Waals surface area contributed by atoms with E-state index in [4.69, 9.17) is 4.74 Å². The van der Waals surface area contributed by atoms with Crippen molar-refractivity contribution >= 4 is 11.9 Å². The molecule has 3 saturated carbocycles. The maximum absolute atomic E-state index is 12.8. The zero-order valence-electron chi connectivity index (χ0n) is 30.0. The number of likely N-dealkylation sites (tertiary alicyclic amines) is 1. The number of unbranched alkanes of at least 4 members (excludes halogenated alkanes) is 3. The lowest BCUT2D eigenvalue weighted by atomic mass is 9.47. The predicted octanol–water partition coefficient (Wildman–Crippen LogP) is 8.09. The number of esters is 1. The van der Waals surface area contributed by atoms with Gasteiger partial charge in [0.25, 0.3) is 0 Å². The Kier molecular flexibility index (Phi) is 12.0. The number of carbonyl (C=O) groups excluding carboxylic acids is 2. The normalized spacial score (nSPS) is 37.8. The highest BCUT2D eigenvalue weighted by Crippen LogP contribution is 2.67. The fourth-order valence-corrected chi connectivity index (χ4v) is 11.3. The predicted molar refractivity (Wildman–Crippen MR) is 184 cm³/mol. The molecule has 0 aromatic heterocycles. The molecule has 0 aromatic rings. The molecule has 6 heteroatoms. The van der Waals surface area contributed by atoms with E-state index in [-0.39, 0.29) is 35.9 Å². The van der Waals surface area contributed by atoms with Crippen LogP contribution in [-0.4, -0.2) is 58.9 Å². The van der Waals surface area contributed by atoms with Crippen molar-refractivity contribution in [2.24, 2.45) is 52.3 Å². The minimum atomic E-state index is -0.620. The smallest absolute Gasteiger partial charge is 0.306 e. The van der Waals surface area contributed by atoms with Crippen LogP contribution < -0.4 is 0 Å². The number of ether oxygens (including phenoxy) is 1. The second-order valence-electron chi connectivity index (χ2n) is 17.4. The van der Waals surface area contributed by atoms with E-state index in [0.717, 1.165) is 80.5 Å². The topological polar surface area (TPSA) is 87.1 Å². The quantitative estimate of drug-likeness (QED) is 0.114. The van der Waals surface area contributed by atoms with Crippen LogP contribution in [0.2, 0.25) is 0 Å².